The van der Waals surface area contributed by atoms with Crippen LogP contribution in [0.15, 0.2) is 41.3 Å². The predicted molar refractivity (Wildman–Crippen MR) is 90.4 cm³/mol. The van der Waals surface area contributed by atoms with Gasteiger partial charge >= 0.3 is 0 Å². The summed E-state index contributed by atoms with van der Waals surface area (Å²) < 4.78 is 0.933. The second kappa shape index (κ2) is 6.68. The number of nitrogens with zero attached hydrogens (tertiary/aromatic N) is 1. The lowest BCUT2D eigenvalue weighted by Gasteiger charge is -2.06. The van der Waals surface area contributed by atoms with Crippen molar-refractivity contribution >= 4 is 51.6 Å². The van der Waals surface area contributed by atoms with Crippen LogP contribution in [-0.4, -0.2) is 5.91 Å². The third-order valence-electron chi connectivity index (χ3n) is 2.66. The number of rotatable bonds is 3. The van der Waals surface area contributed by atoms with Crippen LogP contribution in [0.5, 0.6) is 0 Å². The molecule has 1 aromatic carbocycles. The second-order valence-electron chi connectivity index (χ2n) is 4.07. The maximum absolute atomic E-state index is 12.1. The Morgan fingerprint density at radius 3 is 2.75 bits per heavy atom. The molecule has 5 heteroatoms. The van der Waals surface area contributed by atoms with E-state index in [1.165, 1.54) is 11.3 Å². The fourth-order valence-corrected chi connectivity index (χ4v) is 2.95. The molecule has 1 heterocycles. The number of anilines is 1. The smallest absolute Gasteiger partial charge is 0.266 e. The first-order chi connectivity index (χ1) is 9.61. The van der Waals surface area contributed by atoms with Gasteiger partial charge in [-0.1, -0.05) is 12.1 Å². The van der Waals surface area contributed by atoms with Crippen molar-refractivity contribution < 1.29 is 4.79 Å². The number of halogens is 1. The molecule has 20 heavy (non-hydrogen) atoms. The number of nitriles is 1. The Morgan fingerprint density at radius 1 is 1.40 bits per heavy atom. The standard InChI is InChI=1S/C15H11IN2OS/c1-10-6-7-20-14(10)8-11(9-17)15(19)18-13-5-3-2-4-12(13)16/h2-8H,1H3,(H,18,19)/b11-8-. The Balaban J connectivity index is 2.23. The zero-order valence-corrected chi connectivity index (χ0v) is 13.7. The summed E-state index contributed by atoms with van der Waals surface area (Å²) in [4.78, 5) is 13.1. The maximum Gasteiger partial charge on any atom is 0.266 e. The van der Waals surface area contributed by atoms with Crippen molar-refractivity contribution in [1.82, 2.24) is 0 Å². The molecule has 0 unspecified atom stereocenters. The fraction of sp³-hybridized carbons (Fsp3) is 0.0667. The van der Waals surface area contributed by atoms with Crippen LogP contribution < -0.4 is 5.32 Å². The van der Waals surface area contributed by atoms with E-state index in [-0.39, 0.29) is 11.5 Å². The number of para-hydroxylation sites is 1. The first kappa shape index (κ1) is 14.8. The van der Waals surface area contributed by atoms with E-state index >= 15 is 0 Å². The van der Waals surface area contributed by atoms with Crippen LogP contribution in [0.4, 0.5) is 5.69 Å². The zero-order chi connectivity index (χ0) is 14.5. The van der Waals surface area contributed by atoms with Crippen LogP contribution in [0.25, 0.3) is 6.08 Å². The number of aryl methyl sites for hydroxylation is 1. The molecule has 0 saturated heterocycles. The molecule has 2 aromatic rings. The van der Waals surface area contributed by atoms with Crippen molar-refractivity contribution in [2.75, 3.05) is 5.32 Å². The number of nitrogens with one attached hydrogen (secondary N) is 1. The highest BCUT2D eigenvalue weighted by atomic mass is 127. The van der Waals surface area contributed by atoms with Crippen LogP contribution >= 0.6 is 33.9 Å². The van der Waals surface area contributed by atoms with E-state index in [0.29, 0.717) is 5.69 Å². The highest BCUT2D eigenvalue weighted by Crippen LogP contribution is 2.21. The summed E-state index contributed by atoms with van der Waals surface area (Å²) in [5.74, 6) is -0.385. The summed E-state index contributed by atoms with van der Waals surface area (Å²) in [6.07, 6.45) is 1.63. The number of carbonyl (C=O) groups is 1. The van der Waals surface area contributed by atoms with Gasteiger partial charge in [-0.25, -0.2) is 0 Å². The first-order valence-corrected chi connectivity index (χ1v) is 7.79. The molecule has 0 fully saturated rings. The summed E-state index contributed by atoms with van der Waals surface area (Å²) in [7, 11) is 0. The Morgan fingerprint density at radius 2 is 2.15 bits per heavy atom. The van der Waals surface area contributed by atoms with E-state index in [1.54, 1.807) is 6.08 Å². The van der Waals surface area contributed by atoms with Gasteiger partial charge in [0.15, 0.2) is 0 Å². The van der Waals surface area contributed by atoms with Gasteiger partial charge in [-0.05, 0) is 64.7 Å². The molecule has 100 valence electrons. The molecule has 2 rings (SSSR count). The van der Waals surface area contributed by atoms with Crippen LogP contribution in [0, 0.1) is 21.8 Å². The third-order valence-corrected chi connectivity index (χ3v) is 4.57. The van der Waals surface area contributed by atoms with E-state index in [4.69, 9.17) is 5.26 Å². The summed E-state index contributed by atoms with van der Waals surface area (Å²) in [6.45, 7) is 1.95. The molecule has 0 radical (unpaired) electrons. The Bertz CT molecular complexity index is 713. The largest absolute Gasteiger partial charge is 0.320 e. The van der Waals surface area contributed by atoms with Crippen molar-refractivity contribution in [3.05, 3.63) is 55.3 Å². The molecule has 0 bridgehead atoms. The SMILES string of the molecule is Cc1ccsc1/C=C(/C#N)C(=O)Nc1ccccc1I. The Labute approximate surface area is 135 Å². The van der Waals surface area contributed by atoms with E-state index in [2.05, 4.69) is 27.9 Å². The average molecular weight is 394 g/mol. The third kappa shape index (κ3) is 3.46. The average Bonchev–Trinajstić information content (AvgIpc) is 2.84. The zero-order valence-electron chi connectivity index (χ0n) is 10.7. The van der Waals surface area contributed by atoms with Gasteiger partial charge in [0.25, 0.3) is 5.91 Å². The van der Waals surface area contributed by atoms with Crippen LogP contribution in [-0.2, 0) is 4.79 Å². The number of amides is 1. The summed E-state index contributed by atoms with van der Waals surface area (Å²) in [5.41, 5.74) is 1.88. The van der Waals surface area contributed by atoms with Crippen molar-refractivity contribution in [1.29, 1.82) is 5.26 Å². The molecule has 0 aliphatic heterocycles. The van der Waals surface area contributed by atoms with Crippen molar-refractivity contribution in [3.63, 3.8) is 0 Å². The molecule has 1 aromatic heterocycles. The van der Waals surface area contributed by atoms with Crippen LogP contribution in [0.3, 0.4) is 0 Å². The normalized spacial score (nSPS) is 10.9. The second-order valence-corrected chi connectivity index (χ2v) is 6.18. The number of hydrogen-bond donors (Lipinski definition) is 1. The number of hydrogen-bond acceptors (Lipinski definition) is 3. The minimum Gasteiger partial charge on any atom is -0.320 e. The van der Waals surface area contributed by atoms with E-state index in [9.17, 15) is 4.79 Å². The monoisotopic (exact) mass is 394 g/mol. The lowest BCUT2D eigenvalue weighted by molar-refractivity contribution is -0.112. The molecule has 0 saturated carbocycles. The number of benzene rings is 1. The molecule has 0 spiro atoms. The van der Waals surface area contributed by atoms with Gasteiger partial charge < -0.3 is 5.32 Å². The lowest BCUT2D eigenvalue weighted by Crippen LogP contribution is -2.14. The molecule has 1 N–H and O–H groups in total. The lowest BCUT2D eigenvalue weighted by atomic mass is 10.2. The maximum atomic E-state index is 12.1. The van der Waals surface area contributed by atoms with Crippen LogP contribution in [0.2, 0.25) is 0 Å². The molecule has 1 amide bonds. The fourth-order valence-electron chi connectivity index (χ4n) is 1.56. The van der Waals surface area contributed by atoms with Crippen molar-refractivity contribution in [2.24, 2.45) is 0 Å². The molecule has 0 aliphatic carbocycles. The molecular formula is C15H11IN2OS. The Hall–Kier alpha value is -1.65. The predicted octanol–water partition coefficient (Wildman–Crippen LogP) is 4.21. The highest BCUT2D eigenvalue weighted by Gasteiger charge is 2.11. The van der Waals surface area contributed by atoms with Gasteiger partial charge in [0.1, 0.15) is 11.6 Å². The van der Waals surface area contributed by atoms with E-state index in [1.807, 2.05) is 48.7 Å². The van der Waals surface area contributed by atoms with Crippen molar-refractivity contribution in [3.8, 4) is 6.07 Å². The molecule has 3 nitrogen and oxygen atoms in total. The quantitative estimate of drug-likeness (QED) is 0.482. The van der Waals surface area contributed by atoms with Gasteiger partial charge in [-0.15, -0.1) is 11.3 Å². The summed E-state index contributed by atoms with van der Waals surface area (Å²) >= 11 is 3.65. The van der Waals surface area contributed by atoms with E-state index < -0.39 is 0 Å². The van der Waals surface area contributed by atoms with Gasteiger partial charge in [0.05, 0.1) is 5.69 Å². The minimum atomic E-state index is -0.385. The molecular weight excluding hydrogens is 383 g/mol. The van der Waals surface area contributed by atoms with E-state index in [0.717, 1.165) is 14.0 Å². The first-order valence-electron chi connectivity index (χ1n) is 5.83. The van der Waals surface area contributed by atoms with Crippen molar-refractivity contribution in [2.45, 2.75) is 6.92 Å². The minimum absolute atomic E-state index is 0.107. The van der Waals surface area contributed by atoms with Gasteiger partial charge in [0, 0.05) is 8.45 Å². The number of thiophene rings is 1. The number of carbonyl (C=O) groups excluding carboxylic acids is 1. The Kier molecular flexibility index (Phi) is 4.93. The van der Waals surface area contributed by atoms with Gasteiger partial charge in [0.2, 0.25) is 0 Å². The molecule has 0 aliphatic rings. The summed E-state index contributed by atoms with van der Waals surface area (Å²) in [5, 5.41) is 13.9. The summed E-state index contributed by atoms with van der Waals surface area (Å²) in [6, 6.07) is 11.4. The topological polar surface area (TPSA) is 52.9 Å². The molecule has 0 atom stereocenters. The highest BCUT2D eigenvalue weighted by molar-refractivity contribution is 14.1. The van der Waals surface area contributed by atoms with Crippen LogP contribution in [0.1, 0.15) is 10.4 Å². The van der Waals surface area contributed by atoms with Gasteiger partial charge in [-0.2, -0.15) is 5.26 Å². The van der Waals surface area contributed by atoms with Gasteiger partial charge in [-0.3, -0.25) is 4.79 Å².